The monoisotopic (exact) mass is 263 g/mol. The van der Waals surface area contributed by atoms with E-state index in [-0.39, 0.29) is 0 Å². The van der Waals surface area contributed by atoms with Crippen molar-refractivity contribution in [2.45, 2.75) is 31.7 Å². The van der Waals surface area contributed by atoms with Crippen LogP contribution in [-0.2, 0) is 6.42 Å². The molecule has 0 aliphatic carbocycles. The van der Waals surface area contributed by atoms with Crippen molar-refractivity contribution in [1.29, 1.82) is 0 Å². The summed E-state index contributed by atoms with van der Waals surface area (Å²) in [5.41, 5.74) is 1.20. The predicted molar refractivity (Wildman–Crippen MR) is 73.3 cm³/mol. The minimum atomic E-state index is 0.546. The van der Waals surface area contributed by atoms with Crippen LogP contribution in [0.2, 0.25) is 0 Å². The lowest BCUT2D eigenvalue weighted by atomic mass is 9.97. The molecule has 0 radical (unpaired) electrons. The molecule has 1 aromatic rings. The van der Waals surface area contributed by atoms with Gasteiger partial charge in [0, 0.05) is 6.04 Å². The predicted octanol–water partition coefficient (Wildman–Crippen LogP) is 2.15. The Bertz CT molecular complexity index is 441. The average molecular weight is 263 g/mol. The van der Waals surface area contributed by atoms with E-state index >= 15 is 0 Å². The second-order valence-electron chi connectivity index (χ2n) is 5.13. The van der Waals surface area contributed by atoms with Crippen molar-refractivity contribution in [2.75, 3.05) is 26.9 Å². The Labute approximate surface area is 114 Å². The van der Waals surface area contributed by atoms with Crippen molar-refractivity contribution in [2.24, 2.45) is 0 Å². The van der Waals surface area contributed by atoms with Crippen molar-refractivity contribution < 1.29 is 14.2 Å². The maximum absolute atomic E-state index is 5.70. The smallest absolute Gasteiger partial charge is 0.203 e. The van der Waals surface area contributed by atoms with Gasteiger partial charge in [-0.25, -0.2) is 0 Å². The van der Waals surface area contributed by atoms with Gasteiger partial charge in [-0.3, -0.25) is 0 Å². The first kappa shape index (κ1) is 12.6. The number of fused-ring (bicyclic) bond motifs is 1. The Morgan fingerprint density at radius 3 is 2.95 bits per heavy atom. The van der Waals surface area contributed by atoms with Crippen LogP contribution in [-0.4, -0.2) is 32.9 Å². The van der Waals surface area contributed by atoms with Gasteiger partial charge in [0.1, 0.15) is 13.2 Å². The summed E-state index contributed by atoms with van der Waals surface area (Å²) in [6, 6.07) is 4.64. The van der Waals surface area contributed by atoms with E-state index in [0.29, 0.717) is 19.3 Å². The van der Waals surface area contributed by atoms with E-state index in [1.165, 1.54) is 24.8 Å². The van der Waals surface area contributed by atoms with E-state index in [2.05, 4.69) is 11.4 Å². The minimum absolute atomic E-state index is 0.546. The quantitative estimate of drug-likeness (QED) is 0.907. The highest BCUT2D eigenvalue weighted by atomic mass is 16.6. The number of nitrogens with one attached hydrogen (secondary N) is 1. The van der Waals surface area contributed by atoms with Crippen LogP contribution in [0.1, 0.15) is 24.8 Å². The second kappa shape index (κ2) is 5.70. The first-order chi connectivity index (χ1) is 9.38. The van der Waals surface area contributed by atoms with Crippen LogP contribution in [0, 0.1) is 0 Å². The van der Waals surface area contributed by atoms with Crippen LogP contribution in [0.25, 0.3) is 0 Å². The first-order valence-corrected chi connectivity index (χ1v) is 7.07. The van der Waals surface area contributed by atoms with E-state index < -0.39 is 0 Å². The summed E-state index contributed by atoms with van der Waals surface area (Å²) >= 11 is 0. The Morgan fingerprint density at radius 1 is 1.26 bits per heavy atom. The van der Waals surface area contributed by atoms with E-state index in [9.17, 15) is 0 Å². The lowest BCUT2D eigenvalue weighted by Crippen LogP contribution is -2.35. The third-order valence-corrected chi connectivity index (χ3v) is 3.83. The molecule has 1 saturated heterocycles. The molecule has 2 heterocycles. The van der Waals surface area contributed by atoms with Crippen molar-refractivity contribution in [3.8, 4) is 17.2 Å². The molecule has 1 aromatic carbocycles. The largest absolute Gasteiger partial charge is 0.492 e. The minimum Gasteiger partial charge on any atom is -0.492 e. The molecule has 1 unspecified atom stereocenters. The van der Waals surface area contributed by atoms with Crippen LogP contribution in [0.5, 0.6) is 17.2 Å². The fourth-order valence-electron chi connectivity index (χ4n) is 2.88. The zero-order valence-electron chi connectivity index (χ0n) is 11.4. The lowest BCUT2D eigenvalue weighted by Gasteiger charge is -2.26. The molecule has 0 amide bonds. The first-order valence-electron chi connectivity index (χ1n) is 7.07. The van der Waals surface area contributed by atoms with Crippen molar-refractivity contribution in [3.63, 3.8) is 0 Å². The molecule has 1 atom stereocenters. The van der Waals surface area contributed by atoms with E-state index in [4.69, 9.17) is 14.2 Å². The molecule has 104 valence electrons. The normalized spacial score (nSPS) is 22.1. The molecule has 0 bridgehead atoms. The van der Waals surface area contributed by atoms with Gasteiger partial charge >= 0.3 is 0 Å². The molecular weight excluding hydrogens is 242 g/mol. The molecule has 3 rings (SSSR count). The van der Waals surface area contributed by atoms with Crippen LogP contribution < -0.4 is 19.5 Å². The molecule has 2 aliphatic rings. The van der Waals surface area contributed by atoms with Gasteiger partial charge in [-0.05, 0) is 37.4 Å². The fraction of sp³-hybridized carbons (Fsp3) is 0.600. The number of methoxy groups -OCH3 is 1. The maximum atomic E-state index is 5.70. The second-order valence-corrected chi connectivity index (χ2v) is 5.13. The van der Waals surface area contributed by atoms with E-state index in [0.717, 1.165) is 30.2 Å². The highest BCUT2D eigenvalue weighted by molar-refractivity contribution is 5.56. The Hall–Kier alpha value is -1.42. The Balaban J connectivity index is 1.83. The Kier molecular flexibility index (Phi) is 3.78. The molecule has 4 nitrogen and oxygen atoms in total. The van der Waals surface area contributed by atoms with Crippen molar-refractivity contribution >= 4 is 0 Å². The van der Waals surface area contributed by atoms with Crippen molar-refractivity contribution in [1.82, 2.24) is 5.32 Å². The van der Waals surface area contributed by atoms with Gasteiger partial charge in [0.25, 0.3) is 0 Å². The number of hydrogen-bond donors (Lipinski definition) is 1. The summed E-state index contributed by atoms with van der Waals surface area (Å²) in [4.78, 5) is 0. The summed E-state index contributed by atoms with van der Waals surface area (Å²) in [7, 11) is 1.70. The molecule has 2 aliphatic heterocycles. The van der Waals surface area contributed by atoms with Gasteiger partial charge in [-0.1, -0.05) is 12.5 Å². The van der Waals surface area contributed by atoms with Crippen LogP contribution >= 0.6 is 0 Å². The van der Waals surface area contributed by atoms with Crippen LogP contribution in [0.15, 0.2) is 12.1 Å². The molecule has 0 spiro atoms. The van der Waals surface area contributed by atoms with E-state index in [1.54, 1.807) is 7.11 Å². The number of rotatable bonds is 3. The summed E-state index contributed by atoms with van der Waals surface area (Å²) < 4.78 is 16.8. The zero-order valence-corrected chi connectivity index (χ0v) is 11.4. The highest BCUT2D eigenvalue weighted by Gasteiger charge is 2.22. The number of ether oxygens (including phenoxy) is 3. The molecule has 1 N–H and O–H groups in total. The van der Waals surface area contributed by atoms with Gasteiger partial charge in [-0.2, -0.15) is 0 Å². The van der Waals surface area contributed by atoms with Crippen LogP contribution in [0.4, 0.5) is 0 Å². The SMILES string of the molecule is COc1c(CC2CCCCN2)ccc2c1OCCO2. The highest BCUT2D eigenvalue weighted by Crippen LogP contribution is 2.42. The third-order valence-electron chi connectivity index (χ3n) is 3.83. The van der Waals surface area contributed by atoms with Gasteiger partial charge in [-0.15, -0.1) is 0 Å². The van der Waals surface area contributed by atoms with Gasteiger partial charge in [0.2, 0.25) is 5.75 Å². The summed E-state index contributed by atoms with van der Waals surface area (Å²) in [6.07, 6.45) is 4.82. The lowest BCUT2D eigenvalue weighted by molar-refractivity contribution is 0.164. The number of hydrogen-bond acceptors (Lipinski definition) is 4. The summed E-state index contributed by atoms with van der Waals surface area (Å²) in [5, 5.41) is 3.57. The van der Waals surface area contributed by atoms with Gasteiger partial charge < -0.3 is 19.5 Å². The van der Waals surface area contributed by atoms with Crippen molar-refractivity contribution in [3.05, 3.63) is 17.7 Å². The standard InChI is InChI=1S/C15H21NO3/c1-17-14-11(10-12-4-2-3-7-16-12)5-6-13-15(14)19-9-8-18-13/h5-6,12,16H,2-4,7-10H2,1H3. The Morgan fingerprint density at radius 2 is 2.16 bits per heavy atom. The fourth-order valence-corrected chi connectivity index (χ4v) is 2.88. The number of benzene rings is 1. The zero-order chi connectivity index (χ0) is 13.1. The molecular formula is C15H21NO3. The maximum Gasteiger partial charge on any atom is 0.203 e. The molecule has 4 heteroatoms. The topological polar surface area (TPSA) is 39.7 Å². The molecule has 0 aromatic heterocycles. The van der Waals surface area contributed by atoms with Gasteiger partial charge in [0.05, 0.1) is 7.11 Å². The average Bonchev–Trinajstić information content (AvgIpc) is 2.48. The van der Waals surface area contributed by atoms with Gasteiger partial charge in [0.15, 0.2) is 11.5 Å². The summed E-state index contributed by atoms with van der Waals surface area (Å²) in [6.45, 7) is 2.33. The molecule has 19 heavy (non-hydrogen) atoms. The molecule has 1 fully saturated rings. The van der Waals surface area contributed by atoms with Crippen LogP contribution in [0.3, 0.4) is 0 Å². The third kappa shape index (κ3) is 2.63. The van der Waals surface area contributed by atoms with E-state index in [1.807, 2.05) is 6.07 Å². The summed E-state index contributed by atoms with van der Waals surface area (Å²) in [5.74, 6) is 2.40. The molecule has 0 saturated carbocycles. The number of piperidine rings is 1.